The van der Waals surface area contributed by atoms with Crippen LogP contribution in [0.1, 0.15) is 39.6 Å². The number of hydrogen-bond donors (Lipinski definition) is 1. The molecule has 7 heteroatoms. The smallest absolute Gasteiger partial charge is 0.408 e. The van der Waals surface area contributed by atoms with Crippen LogP contribution in [0.5, 0.6) is 0 Å². The van der Waals surface area contributed by atoms with Crippen LogP contribution in [-0.4, -0.2) is 21.2 Å². The lowest BCUT2D eigenvalue weighted by atomic mass is 10.2. The van der Waals surface area contributed by atoms with Gasteiger partial charge in [-0.1, -0.05) is 24.3 Å². The Morgan fingerprint density at radius 1 is 1.14 bits per heavy atom. The minimum atomic E-state index is -0.664. The van der Waals surface area contributed by atoms with Gasteiger partial charge < -0.3 is 10.1 Å². The van der Waals surface area contributed by atoms with E-state index in [1.807, 2.05) is 6.07 Å². The maximum absolute atomic E-state index is 14.3. The molecule has 2 aromatic carbocycles. The van der Waals surface area contributed by atoms with E-state index in [4.69, 9.17) is 4.74 Å². The minimum Gasteiger partial charge on any atom is -0.444 e. The largest absolute Gasteiger partial charge is 0.444 e. The molecular formula is C21H22FN3O3. The van der Waals surface area contributed by atoms with E-state index in [0.717, 1.165) is 0 Å². The summed E-state index contributed by atoms with van der Waals surface area (Å²) in [4.78, 5) is 29.8. The van der Waals surface area contributed by atoms with E-state index >= 15 is 0 Å². The molecule has 0 radical (unpaired) electrons. The SMILES string of the molecule is C[C@H](NC(=O)OC(C)(C)C)c1nc2cccc(F)c2c(=O)n1-c1ccccc1. The number of carbonyl (C=O) groups excluding carboxylic acids is 1. The topological polar surface area (TPSA) is 73.2 Å². The van der Waals surface area contributed by atoms with Crippen molar-refractivity contribution in [1.82, 2.24) is 14.9 Å². The van der Waals surface area contributed by atoms with Crippen molar-refractivity contribution in [3.63, 3.8) is 0 Å². The second-order valence-corrected chi connectivity index (χ2v) is 7.45. The molecule has 0 saturated carbocycles. The van der Waals surface area contributed by atoms with Crippen LogP contribution in [0.4, 0.5) is 9.18 Å². The predicted octanol–water partition coefficient (Wildman–Crippen LogP) is 4.11. The molecule has 146 valence electrons. The lowest BCUT2D eigenvalue weighted by Gasteiger charge is -2.23. The summed E-state index contributed by atoms with van der Waals surface area (Å²) in [7, 11) is 0. The number of ether oxygens (including phenoxy) is 1. The number of fused-ring (bicyclic) bond motifs is 1. The highest BCUT2D eigenvalue weighted by atomic mass is 19.1. The molecule has 0 saturated heterocycles. The summed E-state index contributed by atoms with van der Waals surface area (Å²) in [5.74, 6) is -0.362. The fourth-order valence-corrected chi connectivity index (χ4v) is 2.87. The number of halogens is 1. The standard InChI is InChI=1S/C21H22FN3O3/c1-13(23-20(27)28-21(2,3)4)18-24-16-12-8-11-15(22)17(16)19(26)25(18)14-9-6-5-7-10-14/h5-13H,1-4H3,(H,23,27)/t13-/m0/s1. The third kappa shape index (κ3) is 4.03. The molecule has 6 nitrogen and oxygen atoms in total. The third-order valence-corrected chi connectivity index (χ3v) is 4.01. The second kappa shape index (κ2) is 7.42. The van der Waals surface area contributed by atoms with Crippen molar-refractivity contribution in [1.29, 1.82) is 0 Å². The van der Waals surface area contributed by atoms with E-state index in [1.54, 1.807) is 58.0 Å². The lowest BCUT2D eigenvalue weighted by molar-refractivity contribution is 0.0505. The van der Waals surface area contributed by atoms with Crippen LogP contribution in [0.2, 0.25) is 0 Å². The Labute approximate surface area is 162 Å². The van der Waals surface area contributed by atoms with E-state index in [0.29, 0.717) is 5.69 Å². The van der Waals surface area contributed by atoms with Crippen molar-refractivity contribution < 1.29 is 13.9 Å². The molecule has 0 bridgehead atoms. The summed E-state index contributed by atoms with van der Waals surface area (Å²) in [6.07, 6.45) is -0.631. The maximum Gasteiger partial charge on any atom is 0.408 e. The van der Waals surface area contributed by atoms with Gasteiger partial charge in [0, 0.05) is 0 Å². The summed E-state index contributed by atoms with van der Waals surface area (Å²) >= 11 is 0. The van der Waals surface area contributed by atoms with Gasteiger partial charge in [0.2, 0.25) is 0 Å². The van der Waals surface area contributed by atoms with Gasteiger partial charge in [-0.3, -0.25) is 9.36 Å². The first-order valence-electron chi connectivity index (χ1n) is 8.93. The van der Waals surface area contributed by atoms with Crippen molar-refractivity contribution >= 4 is 17.0 Å². The molecule has 1 atom stereocenters. The fraction of sp³-hybridized carbons (Fsp3) is 0.286. The highest BCUT2D eigenvalue weighted by Gasteiger charge is 2.23. The summed E-state index contributed by atoms with van der Waals surface area (Å²) < 4.78 is 20.9. The Balaban J connectivity index is 2.15. The summed E-state index contributed by atoms with van der Waals surface area (Å²) in [6, 6.07) is 12.4. The van der Waals surface area contributed by atoms with Crippen LogP contribution >= 0.6 is 0 Å². The molecule has 28 heavy (non-hydrogen) atoms. The van der Waals surface area contributed by atoms with Crippen LogP contribution in [0.3, 0.4) is 0 Å². The number of hydrogen-bond acceptors (Lipinski definition) is 4. The number of amides is 1. The van der Waals surface area contributed by atoms with Crippen molar-refractivity contribution in [2.24, 2.45) is 0 Å². The predicted molar refractivity (Wildman–Crippen MR) is 105 cm³/mol. The molecule has 1 heterocycles. The number of carbonyl (C=O) groups is 1. The minimum absolute atomic E-state index is 0.0976. The van der Waals surface area contributed by atoms with E-state index in [9.17, 15) is 14.0 Å². The first-order chi connectivity index (χ1) is 13.2. The zero-order chi connectivity index (χ0) is 20.5. The number of para-hydroxylation sites is 1. The monoisotopic (exact) mass is 383 g/mol. The molecule has 0 unspecified atom stereocenters. The average Bonchev–Trinajstić information content (AvgIpc) is 2.60. The summed E-state index contributed by atoms with van der Waals surface area (Å²) in [5.41, 5.74) is -0.451. The van der Waals surface area contributed by atoms with Gasteiger partial charge in [-0.05, 0) is 52.0 Å². The maximum atomic E-state index is 14.3. The quantitative estimate of drug-likeness (QED) is 0.739. The van der Waals surface area contributed by atoms with E-state index < -0.39 is 29.1 Å². The lowest BCUT2D eigenvalue weighted by Crippen LogP contribution is -2.37. The van der Waals surface area contributed by atoms with E-state index in [1.165, 1.54) is 16.7 Å². The highest BCUT2D eigenvalue weighted by Crippen LogP contribution is 2.20. The Morgan fingerprint density at radius 2 is 1.82 bits per heavy atom. The van der Waals surface area contributed by atoms with Crippen molar-refractivity contribution in [3.8, 4) is 5.69 Å². The van der Waals surface area contributed by atoms with Crippen molar-refractivity contribution in [2.45, 2.75) is 39.3 Å². The molecule has 3 aromatic rings. The van der Waals surface area contributed by atoms with E-state index in [-0.39, 0.29) is 16.7 Å². The van der Waals surface area contributed by atoms with Gasteiger partial charge in [0.25, 0.3) is 5.56 Å². The second-order valence-electron chi connectivity index (χ2n) is 7.45. The Kier molecular flexibility index (Phi) is 5.18. The first-order valence-corrected chi connectivity index (χ1v) is 8.93. The Bertz CT molecular complexity index is 1070. The molecule has 3 rings (SSSR count). The van der Waals surface area contributed by atoms with Gasteiger partial charge in [-0.15, -0.1) is 0 Å². The van der Waals surface area contributed by atoms with Gasteiger partial charge in [0.05, 0.1) is 17.2 Å². The van der Waals surface area contributed by atoms with E-state index in [2.05, 4.69) is 10.3 Å². The zero-order valence-corrected chi connectivity index (χ0v) is 16.2. The molecule has 1 N–H and O–H groups in total. The average molecular weight is 383 g/mol. The van der Waals surface area contributed by atoms with Crippen LogP contribution < -0.4 is 10.9 Å². The molecule has 0 aliphatic rings. The highest BCUT2D eigenvalue weighted by molar-refractivity contribution is 5.79. The first kappa shape index (κ1) is 19.5. The van der Waals surface area contributed by atoms with Gasteiger partial charge >= 0.3 is 6.09 Å². The Hall–Kier alpha value is -3.22. The van der Waals surface area contributed by atoms with Gasteiger partial charge in [0.1, 0.15) is 22.6 Å². The third-order valence-electron chi connectivity index (χ3n) is 4.01. The van der Waals surface area contributed by atoms with Crippen molar-refractivity contribution in [3.05, 3.63) is 70.5 Å². The van der Waals surface area contributed by atoms with Crippen LogP contribution in [0, 0.1) is 5.82 Å². The van der Waals surface area contributed by atoms with Crippen LogP contribution in [0.25, 0.3) is 16.6 Å². The van der Waals surface area contributed by atoms with Gasteiger partial charge in [-0.25, -0.2) is 14.2 Å². The number of aromatic nitrogens is 2. The Morgan fingerprint density at radius 3 is 2.46 bits per heavy atom. The normalized spacial score (nSPS) is 12.6. The number of nitrogens with zero attached hydrogens (tertiary/aromatic N) is 2. The van der Waals surface area contributed by atoms with Crippen molar-refractivity contribution in [2.75, 3.05) is 0 Å². The molecule has 0 fully saturated rings. The fourth-order valence-electron chi connectivity index (χ4n) is 2.87. The molecule has 1 amide bonds. The van der Waals surface area contributed by atoms with Gasteiger partial charge in [0.15, 0.2) is 0 Å². The summed E-state index contributed by atoms with van der Waals surface area (Å²) in [5, 5.41) is 2.59. The number of rotatable bonds is 3. The number of alkyl carbamates (subject to hydrolysis) is 1. The molecule has 0 aliphatic heterocycles. The molecule has 0 spiro atoms. The van der Waals surface area contributed by atoms with Gasteiger partial charge in [-0.2, -0.15) is 0 Å². The van der Waals surface area contributed by atoms with Crippen LogP contribution in [-0.2, 0) is 4.74 Å². The molecule has 1 aromatic heterocycles. The van der Waals surface area contributed by atoms with Crippen LogP contribution in [0.15, 0.2) is 53.3 Å². The number of benzene rings is 2. The molecular weight excluding hydrogens is 361 g/mol. The number of nitrogens with one attached hydrogen (secondary N) is 1. The molecule has 0 aliphatic carbocycles. The summed E-state index contributed by atoms with van der Waals surface area (Å²) in [6.45, 7) is 6.97. The zero-order valence-electron chi connectivity index (χ0n) is 16.2.